The molecule has 0 bridgehead atoms. The van der Waals surface area contributed by atoms with Gasteiger partial charge in [0.15, 0.2) is 36.6 Å². The van der Waals surface area contributed by atoms with E-state index in [2.05, 4.69) is 46.1 Å². The third-order valence-electron chi connectivity index (χ3n) is 27.7. The van der Waals surface area contributed by atoms with Crippen molar-refractivity contribution < 1.29 is 123 Å². The smallest absolute Gasteiger partial charge is 0.306 e. The summed E-state index contributed by atoms with van der Waals surface area (Å²) in [5, 5.41) is 35.3. The summed E-state index contributed by atoms with van der Waals surface area (Å²) in [6, 6.07) is 30.3. The molecule has 1 saturated carbocycles. The third kappa shape index (κ3) is 22.4. The van der Waals surface area contributed by atoms with Crippen LogP contribution in [0.25, 0.3) is 0 Å². The molecule has 1 aliphatic carbocycles. The third-order valence-corrected chi connectivity index (χ3v) is 27.7. The lowest BCUT2D eigenvalue weighted by atomic mass is 9.80. The van der Waals surface area contributed by atoms with Gasteiger partial charge in [0.25, 0.3) is 23.8 Å². The van der Waals surface area contributed by atoms with Crippen LogP contribution >= 0.6 is 0 Å². The summed E-state index contributed by atoms with van der Waals surface area (Å²) in [5.41, 5.74) is 21.6. The maximum absolute atomic E-state index is 14.3. The van der Waals surface area contributed by atoms with Crippen molar-refractivity contribution in [3.63, 3.8) is 0 Å². The van der Waals surface area contributed by atoms with E-state index in [0.29, 0.717) is 86.0 Å². The van der Waals surface area contributed by atoms with Crippen molar-refractivity contribution >= 4 is 64.2 Å². The van der Waals surface area contributed by atoms with Crippen molar-refractivity contribution in [2.75, 3.05) is 39.6 Å². The van der Waals surface area contributed by atoms with E-state index in [0.717, 1.165) is 138 Å². The summed E-state index contributed by atoms with van der Waals surface area (Å²) in [6.45, 7) is 22.6. The van der Waals surface area contributed by atoms with E-state index in [1.807, 2.05) is 74.4 Å². The molecule has 10 fully saturated rings. The van der Waals surface area contributed by atoms with E-state index in [-0.39, 0.29) is 162 Å². The van der Waals surface area contributed by atoms with E-state index in [1.54, 1.807) is 67.6 Å². The molecule has 138 heavy (non-hydrogen) atoms. The van der Waals surface area contributed by atoms with Gasteiger partial charge in [0.1, 0.15) is 136 Å². The number of hydrogen-bond acceptors (Lipinski definition) is 34. The minimum atomic E-state index is -1.16. The zero-order valence-electron chi connectivity index (χ0n) is 79.1. The molecule has 23 rings (SSSR count). The van der Waals surface area contributed by atoms with Crippen LogP contribution in [0.4, 0.5) is 27.6 Å². The fourth-order valence-electron chi connectivity index (χ4n) is 20.8. The van der Waals surface area contributed by atoms with Crippen molar-refractivity contribution in [1.82, 2.24) is 5.48 Å². The number of hydrogen-bond donors (Lipinski definition) is 5. The quantitative estimate of drug-likeness (QED) is 0.0456. The second-order valence-corrected chi connectivity index (χ2v) is 37.6. The van der Waals surface area contributed by atoms with E-state index in [1.165, 1.54) is 30.3 Å². The van der Waals surface area contributed by atoms with Crippen LogP contribution in [-0.2, 0) is 118 Å². The number of aliphatic hydroxyl groups is 1. The number of nitro benzene ring substituents is 1. The minimum absolute atomic E-state index is 0.000000000000000222. The topological polar surface area (TPSA) is 443 Å². The van der Waals surface area contributed by atoms with E-state index in [9.17, 15) is 41.7 Å². The number of nitrogens with zero attached hydrogens (tertiary/aromatic N) is 9. The largest absolute Gasteiger partial charge is 0.475 e. The van der Waals surface area contributed by atoms with Gasteiger partial charge in [-0.25, -0.2) is 41.9 Å². The van der Waals surface area contributed by atoms with Gasteiger partial charge in [-0.05, 0) is 183 Å². The molecule has 748 valence electrons. The van der Waals surface area contributed by atoms with Crippen LogP contribution in [0.15, 0.2) is 156 Å². The molecule has 35 nitrogen and oxygen atoms in total. The first-order valence-electron chi connectivity index (χ1n) is 47.4. The summed E-state index contributed by atoms with van der Waals surface area (Å²) in [7, 11) is 0. The lowest BCUT2D eigenvalue weighted by Crippen LogP contribution is -2.55. The Balaban J connectivity index is 0.000000119. The van der Waals surface area contributed by atoms with Gasteiger partial charge >= 0.3 is 5.97 Å². The number of ketones is 1. The Labute approximate surface area is 796 Å². The Morgan fingerprint density at radius 3 is 1.22 bits per heavy atom. The van der Waals surface area contributed by atoms with Crippen LogP contribution in [-0.4, -0.2) is 218 Å². The molecule has 0 aromatic heterocycles. The maximum Gasteiger partial charge on any atom is 0.306 e. The van der Waals surface area contributed by atoms with Crippen molar-refractivity contribution in [2.45, 2.75) is 323 Å². The highest BCUT2D eigenvalue weighted by Crippen LogP contribution is 2.48. The van der Waals surface area contributed by atoms with E-state index < -0.39 is 50.8 Å². The highest BCUT2D eigenvalue weighted by atomic mass is 19.1. The average molecular weight is 1930 g/mol. The Hall–Kier alpha value is -11.0. The first kappa shape index (κ1) is 101. The molecule has 18 aliphatic rings. The van der Waals surface area contributed by atoms with E-state index >= 15 is 0 Å². The molecule has 9 saturated heterocycles. The van der Waals surface area contributed by atoms with Gasteiger partial charge in [-0.2, -0.15) is 5.48 Å². The number of Topliss-reactive ketones (excluding diaryl/α,β-unsaturated/α-hetero) is 1. The van der Waals surface area contributed by atoms with Gasteiger partial charge in [-0.3, -0.25) is 24.5 Å². The highest BCUT2D eigenvalue weighted by Gasteiger charge is 2.56. The minimum Gasteiger partial charge on any atom is -0.475 e. The molecule has 24 atom stereocenters. The monoisotopic (exact) mass is 1930 g/mol. The number of nitro groups is 1. The zero-order valence-corrected chi connectivity index (χ0v) is 79.1. The van der Waals surface area contributed by atoms with E-state index in [4.69, 9.17) is 103 Å². The fourth-order valence-corrected chi connectivity index (χ4v) is 20.8. The number of aliphatic imine (C=N–C) groups is 4. The molecule has 1 unspecified atom stereocenters. The van der Waals surface area contributed by atoms with Crippen LogP contribution in [0.1, 0.15) is 213 Å². The maximum atomic E-state index is 14.3. The Bertz CT molecular complexity index is 5190. The van der Waals surface area contributed by atoms with Crippen molar-refractivity contribution in [1.29, 1.82) is 0 Å². The average Bonchev–Trinajstić information content (AvgIpc) is 1.13. The summed E-state index contributed by atoms with van der Waals surface area (Å²) in [6.07, 6.45) is 12.7. The second kappa shape index (κ2) is 44.3. The molecule has 0 spiro atoms. The summed E-state index contributed by atoms with van der Waals surface area (Å²) < 4.78 is 137. The lowest BCUT2D eigenvalue weighted by molar-refractivity contribution is -0.385. The molecule has 8 N–H and O–H groups in total. The fraction of sp³-hybridized carbons (Fsp3) is 0.592. The number of non-ortho nitro benzene ring substituents is 1. The van der Waals surface area contributed by atoms with Gasteiger partial charge in [0.05, 0.1) is 39.2 Å². The number of hydroxylamine groups is 1. The Morgan fingerprint density at radius 1 is 0.391 bits per heavy atom. The normalized spacial score (nSPS) is 35.3. The van der Waals surface area contributed by atoms with Gasteiger partial charge in [-0.15, -0.1) is 0 Å². The number of fused-ring (bicyclic) bond motifs is 9. The van der Waals surface area contributed by atoms with Crippen molar-refractivity contribution in [3.05, 3.63) is 182 Å². The molecular weight excluding hydrogens is 1810 g/mol. The first-order chi connectivity index (χ1) is 66.2. The number of carbonyl (C=O) groups excluding carboxylic acids is 2. The standard InChI is InChI=1S/C15H18FNO2.C14H16FN3O4.2C14H17FN2O2.C13H16FNO2.C7H11NO3.C7H9NO3.C7H11NO2.C7H9NO2/c1-10-17-15(2,11-6-3-4-7-12(11)16)14-13(19-10)8-5-9-18-14;1-14(9-7-8(18(19)20)4-5-10(9)15)12-11(3-2-6-21-12)22-13(16)17-14;2*1-14(9-5-2-3-6-10(9)15)12-11(7-4-8-18-12)19-13(16)17-14;1-13(9-5-2-3-6-10(9)14)12-11(17-15-13)7-4-8-16-12;2*1-4-7-5(11-8-4)2-3-6(9)10-7;1-5-7-6(10-8-5)3-2-4-9-7;1-4-7-5(9)2-3-6(7)10-8-4/h3-4,6-7,13-14H,5,8-9H2,1-2H3;4-5,7,11-12H,2-3,6H2,1H3,(H2,16,17);2*2-3,5-6,11-12H,4,7-8H2,1H3,(H2,16,17);2-3,5-6,11-12,15H,4,7-8H2,1H3;5-7,9H,2-3H2,1H3;5,7H,2-3H2,1H3;6-7H,2-4H2,1H3;6-7H,2-3H2,1H3/t13-,14+,15-;3*11-,12+,14-;11-,12+,13-;5-,6?,7-;5-,7-;6-,7-;6-,7+/m111111111/s1. The van der Waals surface area contributed by atoms with Crippen LogP contribution in [0.2, 0.25) is 0 Å². The predicted octanol–water partition coefficient (Wildman–Crippen LogP) is 13.3. The number of oxime groups is 4. The molecule has 5 aromatic rings. The molecule has 0 radical (unpaired) electrons. The molecule has 0 amide bonds. The Kier molecular flexibility index (Phi) is 32.5. The molecule has 17 heterocycles. The zero-order chi connectivity index (χ0) is 98.0. The van der Waals surface area contributed by atoms with Gasteiger partial charge in [0, 0.05) is 112 Å². The van der Waals surface area contributed by atoms with Gasteiger partial charge in [0.2, 0.25) is 0 Å². The Morgan fingerprint density at radius 2 is 0.761 bits per heavy atom. The van der Waals surface area contributed by atoms with Crippen LogP contribution in [0.3, 0.4) is 0 Å². The lowest BCUT2D eigenvalue weighted by Gasteiger charge is -2.45. The van der Waals surface area contributed by atoms with Crippen LogP contribution in [0.5, 0.6) is 0 Å². The summed E-state index contributed by atoms with van der Waals surface area (Å²) >= 11 is 0. The molecule has 5 aromatic carbocycles. The number of carbonyl (C=O) groups is 2. The SMILES string of the molecule is CC1=NO[C@@H]2CCC(=O)O[C@H]12.CC1=NO[C@@H]2CCC(=O)[C@H]12.CC1=NO[C@@H]2CCC(O)O[C@H]12.CC1=NO[C@@H]2CCCO[C@H]12.CC1=N[C@](C)(c2ccccc2F)[C@H]2OCCC[C@H]2O1.C[C@]1(c2cc([N+](=O)[O-])ccc2F)N=C(N)O[C@@H]2CCCO[C@@H]21.C[C@]1(c2ccccc2F)N=C(N)O[C@@H]2CCCO[C@@H]21.C[C@]1(c2ccccc2F)N=C(N)O[C@@H]2CCCO[C@@H]21.C[C@]1(c2ccccc2F)NO[C@@H]2CCCO[C@@H]21. The number of rotatable bonds is 6. The van der Waals surface area contributed by atoms with Crippen molar-refractivity contribution in [3.8, 4) is 0 Å². The number of esters is 1. The van der Waals surface area contributed by atoms with Crippen LogP contribution < -0.4 is 22.7 Å². The number of nitrogens with one attached hydrogen (secondary N) is 1. The second-order valence-electron chi connectivity index (χ2n) is 37.6. The summed E-state index contributed by atoms with van der Waals surface area (Å²) in [4.78, 5) is 75.6. The number of ether oxygens (including phenoxy) is 12. The van der Waals surface area contributed by atoms with Crippen molar-refractivity contribution in [2.24, 2.45) is 63.7 Å². The number of nitrogens with two attached hydrogens (primary N) is 3. The number of amidine groups is 3. The summed E-state index contributed by atoms with van der Waals surface area (Å²) in [5.74, 6) is -0.878. The first-order valence-corrected chi connectivity index (χ1v) is 47.4. The predicted molar refractivity (Wildman–Crippen MR) is 494 cm³/mol. The van der Waals surface area contributed by atoms with Crippen LogP contribution in [0, 0.1) is 45.1 Å². The van der Waals surface area contributed by atoms with Gasteiger partial charge < -0.3 is 98.5 Å². The highest BCUT2D eigenvalue weighted by molar-refractivity contribution is 6.06. The number of aliphatic hydroxyl groups excluding tert-OH is 1. The number of halogens is 5. The van der Waals surface area contributed by atoms with Gasteiger partial charge in [-0.1, -0.05) is 93.4 Å². The molecule has 40 heteroatoms. The number of benzene rings is 5. The molecule has 17 aliphatic heterocycles. The molecular formula is C98H124F5N13O22.